The van der Waals surface area contributed by atoms with Crippen molar-refractivity contribution in [1.82, 2.24) is 0 Å². The Bertz CT molecular complexity index is 431. The first-order chi connectivity index (χ1) is 7.89. The van der Waals surface area contributed by atoms with Crippen molar-refractivity contribution in [2.45, 2.75) is 26.1 Å². The van der Waals surface area contributed by atoms with Crippen LogP contribution in [0, 0.1) is 0 Å². The summed E-state index contributed by atoms with van der Waals surface area (Å²) < 4.78 is 33.2. The van der Waals surface area contributed by atoms with Crippen LogP contribution in [0.2, 0.25) is 0 Å². The topological polar surface area (TPSA) is 127 Å². The Balaban J connectivity index is -0.000000280. The minimum atomic E-state index is -4.21. The Labute approximate surface area is 134 Å². The van der Waals surface area contributed by atoms with E-state index in [0.29, 0.717) is 0 Å². The van der Waals surface area contributed by atoms with Crippen molar-refractivity contribution in [3.63, 3.8) is 0 Å². The van der Waals surface area contributed by atoms with E-state index in [-0.39, 0.29) is 40.7 Å². The van der Waals surface area contributed by atoms with Crippen molar-refractivity contribution in [1.29, 1.82) is 0 Å². The Kier molecular flexibility index (Phi) is 12.8. The van der Waals surface area contributed by atoms with E-state index < -0.39 is 27.4 Å². The quantitative estimate of drug-likeness (QED) is 0.194. The van der Waals surface area contributed by atoms with Gasteiger partial charge in [0.05, 0.1) is 5.37 Å². The molecule has 0 bridgehead atoms. The molecular formula is C10H16NNaO6S. The molecule has 0 radical (unpaired) electrons. The minimum Gasteiger partial charge on any atom is -0.747 e. The molecular weight excluding hydrogens is 285 g/mol. The van der Waals surface area contributed by atoms with Gasteiger partial charge in [0.2, 0.25) is 0 Å². The van der Waals surface area contributed by atoms with Crippen molar-refractivity contribution in [2.24, 2.45) is 5.73 Å². The summed E-state index contributed by atoms with van der Waals surface area (Å²) in [4.78, 5) is 21.3. The molecule has 0 saturated heterocycles. The Morgan fingerprint density at radius 1 is 1.16 bits per heavy atom. The van der Waals surface area contributed by atoms with E-state index >= 15 is 0 Å². The molecule has 0 saturated carbocycles. The van der Waals surface area contributed by atoms with Gasteiger partial charge >= 0.3 is 41.5 Å². The van der Waals surface area contributed by atoms with E-state index in [1.54, 1.807) is 0 Å². The Hall–Kier alpha value is -0.510. The summed E-state index contributed by atoms with van der Waals surface area (Å²) in [6.07, 6.45) is 0. The first kappa shape index (κ1) is 23.6. The molecule has 0 spiro atoms. The van der Waals surface area contributed by atoms with Crippen LogP contribution >= 0.6 is 0 Å². The van der Waals surface area contributed by atoms with Gasteiger partial charge in [-0.15, -0.1) is 0 Å². The molecule has 7 nitrogen and oxygen atoms in total. The number of carbonyl (C=O) groups is 2. The number of nitrogens with two attached hydrogens (primary N) is 1. The summed E-state index contributed by atoms with van der Waals surface area (Å²) >= 11 is 0. The molecule has 0 amide bonds. The zero-order chi connectivity index (χ0) is 15.1. The molecule has 0 fully saturated rings. The Morgan fingerprint density at radius 2 is 1.37 bits per heavy atom. The molecule has 0 aliphatic heterocycles. The largest absolute Gasteiger partial charge is 1.00 e. The predicted octanol–water partition coefficient (Wildman–Crippen LogP) is -2.95. The second-order valence-electron chi connectivity index (χ2n) is 3.44. The zero-order valence-electron chi connectivity index (χ0n) is 11.4. The molecule has 0 aromatic carbocycles. The maximum absolute atomic E-state index is 10.7. The van der Waals surface area contributed by atoms with Gasteiger partial charge in [-0.1, -0.05) is 13.2 Å². The summed E-state index contributed by atoms with van der Waals surface area (Å²) in [5.74, 6) is -1.42. The van der Waals surface area contributed by atoms with Gasteiger partial charge in [0.25, 0.3) is 0 Å². The van der Waals surface area contributed by atoms with Gasteiger partial charge in [0, 0.05) is 11.1 Å². The first-order valence-electron chi connectivity index (χ1n) is 4.67. The van der Waals surface area contributed by atoms with E-state index in [1.807, 2.05) is 0 Å². The maximum Gasteiger partial charge on any atom is 1.00 e. The van der Waals surface area contributed by atoms with E-state index in [2.05, 4.69) is 23.6 Å². The van der Waals surface area contributed by atoms with Crippen molar-refractivity contribution in [3.8, 4) is 0 Å². The van der Waals surface area contributed by atoms with E-state index in [1.165, 1.54) is 13.8 Å². The number of esters is 2. The number of hydrogen-bond donors (Lipinski definition) is 1. The maximum atomic E-state index is 10.7. The van der Waals surface area contributed by atoms with Crippen LogP contribution in [-0.4, -0.2) is 30.3 Å². The van der Waals surface area contributed by atoms with Crippen molar-refractivity contribution < 1.29 is 56.9 Å². The van der Waals surface area contributed by atoms with E-state index in [0.717, 1.165) is 6.92 Å². The van der Waals surface area contributed by atoms with Crippen molar-refractivity contribution in [2.75, 3.05) is 0 Å². The molecule has 0 rings (SSSR count). The zero-order valence-corrected chi connectivity index (χ0v) is 14.2. The molecule has 0 aromatic heterocycles. The Morgan fingerprint density at radius 3 is 1.47 bits per heavy atom. The average Bonchev–Trinajstić information content (AvgIpc) is 2.16. The van der Waals surface area contributed by atoms with Gasteiger partial charge in [-0.3, -0.25) is 0 Å². The second kappa shape index (κ2) is 10.3. The van der Waals surface area contributed by atoms with Crippen LogP contribution in [0.15, 0.2) is 24.3 Å². The van der Waals surface area contributed by atoms with Gasteiger partial charge in [-0.2, -0.15) is 0 Å². The van der Waals surface area contributed by atoms with Crippen LogP contribution in [-0.2, 0) is 24.4 Å². The third-order valence-corrected chi connectivity index (χ3v) is 2.25. The predicted molar refractivity (Wildman–Crippen MR) is 64.1 cm³/mol. The fraction of sp³-hybridized carbons (Fsp3) is 0.400. The fourth-order valence-electron chi connectivity index (χ4n) is 0.258. The number of hydrogen-bond acceptors (Lipinski definition) is 7. The van der Waals surface area contributed by atoms with E-state index in [9.17, 15) is 22.6 Å². The fourth-order valence-corrected chi connectivity index (χ4v) is 0.258. The standard InChI is InChI=1S/C8H10O3.C2H7NO3S.Na/c1-5(2)7(9)11-8(10)6(3)4;1-2(3)7(4,5)6;/h1,3H2,2,4H3;2H,3H2,1H3,(H,4,5,6);/q;;+1/p-1. The summed E-state index contributed by atoms with van der Waals surface area (Å²) in [5.41, 5.74) is 5.06. The second-order valence-corrected chi connectivity index (χ2v) is 5.16. The summed E-state index contributed by atoms with van der Waals surface area (Å²) in [6, 6.07) is 0. The van der Waals surface area contributed by atoms with E-state index in [4.69, 9.17) is 0 Å². The van der Waals surface area contributed by atoms with Crippen molar-refractivity contribution >= 4 is 22.1 Å². The number of ether oxygens (including phenoxy) is 1. The molecule has 9 heteroatoms. The number of rotatable bonds is 3. The number of carbonyl (C=O) groups excluding carboxylic acids is 2. The molecule has 0 aromatic rings. The molecule has 0 heterocycles. The molecule has 1 unspecified atom stereocenters. The molecule has 1 atom stereocenters. The van der Waals surface area contributed by atoms with Crippen LogP contribution in [0.3, 0.4) is 0 Å². The first-order valence-corrected chi connectivity index (χ1v) is 6.14. The van der Waals surface area contributed by atoms with Crippen molar-refractivity contribution in [3.05, 3.63) is 24.3 Å². The summed E-state index contributed by atoms with van der Waals surface area (Å²) in [6.45, 7) is 10.7. The average molecular weight is 301 g/mol. The van der Waals surface area contributed by atoms with Gasteiger partial charge in [-0.05, 0) is 20.8 Å². The van der Waals surface area contributed by atoms with Crippen LogP contribution in [0.25, 0.3) is 0 Å². The normalized spacial score (nSPS) is 11.0. The van der Waals surface area contributed by atoms with Crippen LogP contribution < -0.4 is 35.3 Å². The minimum absolute atomic E-state index is 0. The van der Waals surface area contributed by atoms with Gasteiger partial charge in [0.1, 0.15) is 10.1 Å². The van der Waals surface area contributed by atoms with Crippen LogP contribution in [0.4, 0.5) is 0 Å². The smallest absolute Gasteiger partial charge is 0.747 e. The molecule has 0 aliphatic carbocycles. The van der Waals surface area contributed by atoms with Gasteiger partial charge < -0.3 is 15.0 Å². The third-order valence-electron chi connectivity index (χ3n) is 1.34. The molecule has 19 heavy (non-hydrogen) atoms. The summed E-state index contributed by atoms with van der Waals surface area (Å²) in [7, 11) is -4.21. The molecule has 104 valence electrons. The van der Waals surface area contributed by atoms with Gasteiger partial charge in [0.15, 0.2) is 0 Å². The van der Waals surface area contributed by atoms with Crippen LogP contribution in [0.1, 0.15) is 20.8 Å². The molecule has 0 aliphatic rings. The van der Waals surface area contributed by atoms with Gasteiger partial charge in [-0.25, -0.2) is 18.0 Å². The monoisotopic (exact) mass is 301 g/mol. The van der Waals surface area contributed by atoms with Crippen LogP contribution in [0.5, 0.6) is 0 Å². The summed E-state index contributed by atoms with van der Waals surface area (Å²) in [5, 5.41) is -1.28. The molecule has 2 N–H and O–H groups in total. The SMILES string of the molecule is C=C(C)C(=O)OC(=O)C(=C)C.CC(N)S(=O)(=O)[O-].[Na+]. The third kappa shape index (κ3) is 13.7.